The molecule has 0 bridgehead atoms. The molecule has 0 aromatic heterocycles. The number of aliphatic imine (C=N–C) groups is 1. The lowest BCUT2D eigenvalue weighted by Crippen LogP contribution is -2.45. The third-order valence-corrected chi connectivity index (χ3v) is 3.82. The van der Waals surface area contributed by atoms with Crippen LogP contribution in [0.3, 0.4) is 0 Å². The Balaban J connectivity index is 2.07. The minimum absolute atomic E-state index is 0.00723. The van der Waals surface area contributed by atoms with E-state index >= 15 is 0 Å². The van der Waals surface area contributed by atoms with Crippen LogP contribution in [0.4, 0.5) is 0 Å². The number of amidine groups is 1. The van der Waals surface area contributed by atoms with E-state index in [-0.39, 0.29) is 11.9 Å². The quantitative estimate of drug-likeness (QED) is 0.795. The van der Waals surface area contributed by atoms with Crippen molar-refractivity contribution in [3.05, 3.63) is 60.4 Å². The van der Waals surface area contributed by atoms with Crippen molar-refractivity contribution in [2.45, 2.75) is 12.0 Å². The highest BCUT2D eigenvalue weighted by Crippen LogP contribution is 2.43. The van der Waals surface area contributed by atoms with Crippen LogP contribution < -0.4 is 5.73 Å². The Morgan fingerprint density at radius 2 is 2.20 bits per heavy atom. The molecule has 2 atom stereocenters. The zero-order valence-electron chi connectivity index (χ0n) is 11.3. The van der Waals surface area contributed by atoms with E-state index in [1.807, 2.05) is 18.2 Å². The zero-order valence-corrected chi connectivity index (χ0v) is 11.3. The summed E-state index contributed by atoms with van der Waals surface area (Å²) >= 11 is 0. The maximum Gasteiger partial charge on any atom is 0.288 e. The normalized spacial score (nSPS) is 38.4. The number of ether oxygens (including phenoxy) is 2. The van der Waals surface area contributed by atoms with E-state index in [2.05, 4.69) is 35.9 Å². The third-order valence-electron chi connectivity index (χ3n) is 3.82. The molecule has 4 nitrogen and oxygen atoms in total. The first-order chi connectivity index (χ1) is 9.72. The molecule has 1 saturated heterocycles. The van der Waals surface area contributed by atoms with Crippen molar-refractivity contribution in [1.29, 1.82) is 0 Å². The summed E-state index contributed by atoms with van der Waals surface area (Å²) in [6.07, 6.45) is 15.3. The topological polar surface area (TPSA) is 56.8 Å². The molecular weight excluding hydrogens is 252 g/mol. The Kier molecular flexibility index (Phi) is 3.32. The molecule has 2 heterocycles. The average molecular weight is 270 g/mol. The lowest BCUT2D eigenvalue weighted by atomic mass is 9.78. The summed E-state index contributed by atoms with van der Waals surface area (Å²) in [6, 6.07) is 0.160. The highest BCUT2D eigenvalue weighted by molar-refractivity contribution is 5.75. The minimum Gasteiger partial charge on any atom is -0.431 e. The molecule has 0 spiro atoms. The standard InChI is InChI=1S/C16H18N2O2/c1-12-14-10-19-11-16(14,18-15(17)20-12)13-8-6-4-2-3-5-7-9-13/h2-4,6-9,14H,1,5,10-11H2,(H2,17,18)/b3-2-,6-4-,9-7?,13-8+. The van der Waals surface area contributed by atoms with Crippen molar-refractivity contribution in [3.8, 4) is 0 Å². The molecule has 0 aromatic rings. The summed E-state index contributed by atoms with van der Waals surface area (Å²) in [5, 5.41) is 0. The molecule has 3 rings (SSSR count). The summed E-state index contributed by atoms with van der Waals surface area (Å²) in [4.78, 5) is 4.57. The van der Waals surface area contributed by atoms with Gasteiger partial charge in [-0.05, 0) is 12.0 Å². The van der Waals surface area contributed by atoms with E-state index in [4.69, 9.17) is 15.2 Å². The Labute approximate surface area is 118 Å². The molecule has 20 heavy (non-hydrogen) atoms. The number of fused-ring (bicyclic) bond motifs is 1. The Bertz CT molecular complexity index is 569. The van der Waals surface area contributed by atoms with Crippen LogP contribution in [-0.2, 0) is 9.47 Å². The van der Waals surface area contributed by atoms with Gasteiger partial charge in [0.05, 0.1) is 19.1 Å². The third kappa shape index (κ3) is 2.12. The summed E-state index contributed by atoms with van der Waals surface area (Å²) in [5.41, 5.74) is 6.37. The fourth-order valence-corrected chi connectivity index (χ4v) is 2.81. The second kappa shape index (κ2) is 5.13. The summed E-state index contributed by atoms with van der Waals surface area (Å²) < 4.78 is 11.0. The fourth-order valence-electron chi connectivity index (χ4n) is 2.81. The SMILES string of the molecule is C=C1OC(N)=NC2(/C3=C/C=C\C=C/CC=C3)COCC12. The predicted octanol–water partition coefficient (Wildman–Crippen LogP) is 2.23. The summed E-state index contributed by atoms with van der Waals surface area (Å²) in [6.45, 7) is 5.02. The van der Waals surface area contributed by atoms with Gasteiger partial charge >= 0.3 is 0 Å². The van der Waals surface area contributed by atoms with Gasteiger partial charge < -0.3 is 15.2 Å². The summed E-state index contributed by atoms with van der Waals surface area (Å²) in [7, 11) is 0. The van der Waals surface area contributed by atoms with Gasteiger partial charge in [0.1, 0.15) is 11.3 Å². The molecule has 2 unspecified atom stereocenters. The molecule has 104 valence electrons. The van der Waals surface area contributed by atoms with Gasteiger partial charge in [0.25, 0.3) is 6.02 Å². The van der Waals surface area contributed by atoms with Crippen LogP contribution in [-0.4, -0.2) is 24.8 Å². The van der Waals surface area contributed by atoms with Gasteiger partial charge in [-0.15, -0.1) is 0 Å². The Morgan fingerprint density at radius 3 is 3.10 bits per heavy atom. The van der Waals surface area contributed by atoms with Gasteiger partial charge in [-0.1, -0.05) is 49.1 Å². The van der Waals surface area contributed by atoms with Crippen LogP contribution in [0.15, 0.2) is 65.4 Å². The van der Waals surface area contributed by atoms with Gasteiger partial charge in [-0.2, -0.15) is 0 Å². The van der Waals surface area contributed by atoms with E-state index in [1.54, 1.807) is 0 Å². The molecular formula is C16H18N2O2. The monoisotopic (exact) mass is 270 g/mol. The van der Waals surface area contributed by atoms with Crippen molar-refractivity contribution >= 4 is 6.02 Å². The Hall–Kier alpha value is -2.07. The predicted molar refractivity (Wildman–Crippen MR) is 79.0 cm³/mol. The van der Waals surface area contributed by atoms with E-state index in [9.17, 15) is 0 Å². The van der Waals surface area contributed by atoms with Crippen molar-refractivity contribution < 1.29 is 9.47 Å². The second-order valence-corrected chi connectivity index (χ2v) is 5.08. The van der Waals surface area contributed by atoms with Crippen molar-refractivity contribution in [2.24, 2.45) is 16.6 Å². The molecule has 0 amide bonds. The van der Waals surface area contributed by atoms with Crippen LogP contribution >= 0.6 is 0 Å². The maximum absolute atomic E-state index is 5.80. The van der Waals surface area contributed by atoms with E-state index in [0.717, 1.165) is 12.0 Å². The van der Waals surface area contributed by atoms with Gasteiger partial charge in [-0.3, -0.25) is 0 Å². The summed E-state index contributed by atoms with van der Waals surface area (Å²) in [5.74, 6) is 0.638. The second-order valence-electron chi connectivity index (χ2n) is 5.08. The number of rotatable bonds is 1. The van der Waals surface area contributed by atoms with Crippen LogP contribution in [0.25, 0.3) is 0 Å². The number of nitrogens with zero attached hydrogens (tertiary/aromatic N) is 1. The molecule has 3 aliphatic rings. The molecule has 0 aromatic carbocycles. The zero-order chi connectivity index (χ0) is 14.0. The largest absolute Gasteiger partial charge is 0.431 e. The van der Waals surface area contributed by atoms with Crippen LogP contribution in [0.1, 0.15) is 6.42 Å². The molecule has 1 fully saturated rings. The van der Waals surface area contributed by atoms with Gasteiger partial charge in [0.2, 0.25) is 0 Å². The van der Waals surface area contributed by atoms with Crippen molar-refractivity contribution in [1.82, 2.24) is 0 Å². The first-order valence-electron chi connectivity index (χ1n) is 6.72. The van der Waals surface area contributed by atoms with Gasteiger partial charge in [-0.25, -0.2) is 4.99 Å². The molecule has 2 aliphatic heterocycles. The first-order valence-corrected chi connectivity index (χ1v) is 6.72. The van der Waals surface area contributed by atoms with Crippen LogP contribution in [0.5, 0.6) is 0 Å². The molecule has 0 saturated carbocycles. The van der Waals surface area contributed by atoms with E-state index in [1.165, 1.54) is 0 Å². The molecule has 4 heteroatoms. The lowest BCUT2D eigenvalue weighted by Gasteiger charge is -2.35. The molecule has 1 aliphatic carbocycles. The number of nitrogens with two attached hydrogens (primary N) is 1. The number of hydrogen-bond donors (Lipinski definition) is 1. The van der Waals surface area contributed by atoms with Gasteiger partial charge in [0.15, 0.2) is 0 Å². The highest BCUT2D eigenvalue weighted by atomic mass is 16.5. The van der Waals surface area contributed by atoms with E-state index in [0.29, 0.717) is 19.0 Å². The highest BCUT2D eigenvalue weighted by Gasteiger charge is 2.51. The van der Waals surface area contributed by atoms with Gasteiger partial charge in [0, 0.05) is 0 Å². The van der Waals surface area contributed by atoms with Crippen molar-refractivity contribution in [3.63, 3.8) is 0 Å². The lowest BCUT2D eigenvalue weighted by molar-refractivity contribution is 0.180. The first kappa shape index (κ1) is 12.9. The average Bonchev–Trinajstić information content (AvgIpc) is 2.87. The molecule has 2 N–H and O–H groups in total. The fraction of sp³-hybridized carbons (Fsp3) is 0.312. The smallest absolute Gasteiger partial charge is 0.288 e. The number of allylic oxidation sites excluding steroid dienone is 6. The number of hydrogen-bond acceptors (Lipinski definition) is 4. The molecule has 0 radical (unpaired) electrons. The van der Waals surface area contributed by atoms with Crippen molar-refractivity contribution in [2.75, 3.05) is 13.2 Å². The van der Waals surface area contributed by atoms with E-state index < -0.39 is 5.54 Å². The van der Waals surface area contributed by atoms with Crippen LogP contribution in [0, 0.1) is 5.92 Å². The minimum atomic E-state index is -0.509. The van der Waals surface area contributed by atoms with Crippen LogP contribution in [0.2, 0.25) is 0 Å². The Morgan fingerprint density at radius 1 is 1.30 bits per heavy atom. The maximum atomic E-state index is 5.80.